The Kier molecular flexibility index (Phi) is 10.0. The summed E-state index contributed by atoms with van der Waals surface area (Å²) in [4.78, 5) is 32.8. The number of hydrogen-bond acceptors (Lipinski definition) is 10. The Bertz CT molecular complexity index is 1330. The molecule has 41 heavy (non-hydrogen) atoms. The van der Waals surface area contributed by atoms with Gasteiger partial charge >= 0.3 is 0 Å². The van der Waals surface area contributed by atoms with Gasteiger partial charge in [-0.25, -0.2) is 9.97 Å². The van der Waals surface area contributed by atoms with Gasteiger partial charge in [-0.15, -0.1) is 0 Å². The predicted molar refractivity (Wildman–Crippen MR) is 162 cm³/mol. The number of fused-ring (bicyclic) bond motifs is 1. The molecular formula is C31H41N7O3. The Morgan fingerprint density at radius 2 is 1.80 bits per heavy atom. The third-order valence-corrected chi connectivity index (χ3v) is 7.42. The molecule has 2 aromatic rings. The van der Waals surface area contributed by atoms with Gasteiger partial charge in [0.05, 0.1) is 48.2 Å². The zero-order chi connectivity index (χ0) is 29.5. The van der Waals surface area contributed by atoms with Gasteiger partial charge in [-0.05, 0) is 46.9 Å². The highest BCUT2D eigenvalue weighted by molar-refractivity contribution is 5.97. The number of nitrogens with one attached hydrogen (secondary N) is 1. The van der Waals surface area contributed by atoms with Crippen LogP contribution in [0.4, 0.5) is 5.69 Å². The van der Waals surface area contributed by atoms with Crippen molar-refractivity contribution in [1.82, 2.24) is 25.2 Å². The minimum Gasteiger partial charge on any atom is -0.485 e. The number of likely N-dealkylation sites (tertiary alicyclic amines) is 1. The van der Waals surface area contributed by atoms with Crippen LogP contribution in [0.5, 0.6) is 0 Å². The fourth-order valence-electron chi connectivity index (χ4n) is 5.38. The molecule has 0 aromatic carbocycles. The van der Waals surface area contributed by atoms with Gasteiger partial charge in [0, 0.05) is 60.8 Å². The number of aliphatic imine (C=N–C) groups is 1. The number of ether oxygens (including phenoxy) is 2. The summed E-state index contributed by atoms with van der Waals surface area (Å²) in [6.07, 6.45) is 3.70. The Labute approximate surface area is 242 Å². The maximum atomic E-state index is 9.06. The van der Waals surface area contributed by atoms with Gasteiger partial charge in [0.1, 0.15) is 18.7 Å². The van der Waals surface area contributed by atoms with E-state index in [0.717, 1.165) is 102 Å². The quantitative estimate of drug-likeness (QED) is 0.419. The lowest BCUT2D eigenvalue weighted by Gasteiger charge is -2.35. The zero-order valence-corrected chi connectivity index (χ0v) is 24.9. The maximum absolute atomic E-state index is 9.06. The number of carbonyl (C=O) groups excluding carboxylic acids is 1. The average Bonchev–Trinajstić information content (AvgIpc) is 2.93. The molecule has 1 N–H and O–H groups in total. The second-order valence-electron chi connectivity index (χ2n) is 10.5. The van der Waals surface area contributed by atoms with E-state index in [1.807, 2.05) is 33.9 Å². The fourth-order valence-corrected chi connectivity index (χ4v) is 5.38. The van der Waals surface area contributed by atoms with Gasteiger partial charge in [0.25, 0.3) is 0 Å². The Hall–Kier alpha value is -3.89. The summed E-state index contributed by atoms with van der Waals surface area (Å²) < 4.78 is 12.0. The van der Waals surface area contributed by atoms with Gasteiger partial charge in [-0.1, -0.05) is 13.2 Å². The van der Waals surface area contributed by atoms with Crippen LogP contribution in [0.15, 0.2) is 47.9 Å². The first kappa shape index (κ1) is 30.1. The van der Waals surface area contributed by atoms with E-state index >= 15 is 0 Å². The van der Waals surface area contributed by atoms with Crippen molar-refractivity contribution in [2.24, 2.45) is 4.99 Å². The average molecular weight is 560 g/mol. The number of carbonyl (C=O) groups is 1. The van der Waals surface area contributed by atoms with Gasteiger partial charge in [0.2, 0.25) is 0 Å². The van der Waals surface area contributed by atoms with Crippen molar-refractivity contribution in [3.8, 4) is 0 Å². The van der Waals surface area contributed by atoms with Gasteiger partial charge < -0.3 is 24.6 Å². The van der Waals surface area contributed by atoms with Crippen LogP contribution in [-0.4, -0.2) is 78.3 Å². The van der Waals surface area contributed by atoms with Crippen LogP contribution in [0.25, 0.3) is 5.70 Å². The molecule has 2 saturated heterocycles. The van der Waals surface area contributed by atoms with Crippen molar-refractivity contribution >= 4 is 23.4 Å². The van der Waals surface area contributed by atoms with E-state index in [1.54, 1.807) is 0 Å². The van der Waals surface area contributed by atoms with Crippen LogP contribution in [0.1, 0.15) is 53.8 Å². The Balaban J connectivity index is 0.000000909. The summed E-state index contributed by atoms with van der Waals surface area (Å²) in [5, 5.41) is 3.46. The number of rotatable bonds is 6. The van der Waals surface area contributed by atoms with Crippen molar-refractivity contribution in [3.63, 3.8) is 0 Å². The zero-order valence-electron chi connectivity index (χ0n) is 24.9. The highest BCUT2D eigenvalue weighted by Gasteiger charge is 2.28. The number of aldehydes is 1. The molecule has 0 unspecified atom stereocenters. The SMILES string of the molecule is C=C(N/C(C)=C1/OCc2c(N3CCOCC3)ccnc2CN=C1C)c1c(C)nc(C2CN(C)C2)nc1C.C=CC=O. The first-order chi connectivity index (χ1) is 19.7. The molecule has 218 valence electrons. The minimum absolute atomic E-state index is 0.406. The summed E-state index contributed by atoms with van der Waals surface area (Å²) in [6.45, 7) is 21.6. The van der Waals surface area contributed by atoms with Crippen molar-refractivity contribution in [3.05, 3.63) is 77.0 Å². The molecular weight excluding hydrogens is 518 g/mol. The molecule has 3 aliphatic heterocycles. The minimum atomic E-state index is 0.406. The lowest BCUT2D eigenvalue weighted by atomic mass is 9.99. The molecule has 0 amide bonds. The van der Waals surface area contributed by atoms with Crippen LogP contribution >= 0.6 is 0 Å². The molecule has 10 heteroatoms. The highest BCUT2D eigenvalue weighted by Crippen LogP contribution is 2.29. The lowest BCUT2D eigenvalue weighted by Crippen LogP contribution is -2.42. The van der Waals surface area contributed by atoms with Crippen molar-refractivity contribution in [1.29, 1.82) is 0 Å². The van der Waals surface area contributed by atoms with Gasteiger partial charge in [-0.2, -0.15) is 0 Å². The summed E-state index contributed by atoms with van der Waals surface area (Å²) in [5.41, 5.74) is 8.45. The highest BCUT2D eigenvalue weighted by atomic mass is 16.5. The third-order valence-electron chi connectivity index (χ3n) is 7.42. The topological polar surface area (TPSA) is 105 Å². The Morgan fingerprint density at radius 1 is 1.15 bits per heavy atom. The van der Waals surface area contributed by atoms with E-state index in [0.29, 0.717) is 25.4 Å². The molecule has 5 rings (SSSR count). The molecule has 0 spiro atoms. The monoisotopic (exact) mass is 559 g/mol. The largest absolute Gasteiger partial charge is 0.485 e. The van der Waals surface area contributed by atoms with E-state index < -0.39 is 0 Å². The second kappa shape index (κ2) is 13.6. The maximum Gasteiger partial charge on any atom is 0.159 e. The first-order valence-electron chi connectivity index (χ1n) is 13.9. The number of aromatic nitrogens is 3. The number of pyridine rings is 1. The van der Waals surface area contributed by atoms with Crippen LogP contribution in [0.3, 0.4) is 0 Å². The van der Waals surface area contributed by atoms with E-state index in [2.05, 4.69) is 46.4 Å². The van der Waals surface area contributed by atoms with Crippen LogP contribution in [-0.2, 0) is 27.4 Å². The summed E-state index contributed by atoms with van der Waals surface area (Å²) >= 11 is 0. The fraction of sp³-hybridized carbons (Fsp3) is 0.452. The van der Waals surface area contributed by atoms with Crippen molar-refractivity contribution in [2.45, 2.75) is 46.8 Å². The van der Waals surface area contributed by atoms with Gasteiger partial charge in [0.15, 0.2) is 5.76 Å². The molecule has 0 bridgehead atoms. The summed E-state index contributed by atoms with van der Waals surface area (Å²) in [7, 11) is 2.12. The number of likely N-dealkylation sites (N-methyl/N-ethyl adjacent to an activating group) is 1. The normalized spacial score (nSPS) is 18.7. The second-order valence-corrected chi connectivity index (χ2v) is 10.5. The van der Waals surface area contributed by atoms with Crippen LogP contribution in [0, 0.1) is 13.8 Å². The molecule has 0 radical (unpaired) electrons. The standard InChI is InChI=1S/C28H37N7O2.C3H4O/c1-17(26-18(2)32-28(33-19(26)3)22-14-34(6)15-22)31-21(5)27-20(4)30-13-24-23(16-37-27)25(7-8-29-24)35-9-11-36-12-10-35;1-2-3-4/h7-8,22,31H,1,9-16H2,2-6H3;2-3H,1H2/b27-21+,30-20?;. The lowest BCUT2D eigenvalue weighted by molar-refractivity contribution is -0.104. The predicted octanol–water partition coefficient (Wildman–Crippen LogP) is 3.71. The molecule has 0 aliphatic carbocycles. The molecule has 3 aliphatic rings. The van der Waals surface area contributed by atoms with Crippen LogP contribution < -0.4 is 10.2 Å². The third kappa shape index (κ3) is 7.07. The Morgan fingerprint density at radius 3 is 2.41 bits per heavy atom. The molecule has 5 heterocycles. The molecule has 0 atom stereocenters. The number of anilines is 1. The van der Waals surface area contributed by atoms with E-state index in [-0.39, 0.29) is 0 Å². The number of aryl methyl sites for hydroxylation is 2. The summed E-state index contributed by atoms with van der Waals surface area (Å²) in [6, 6.07) is 2.07. The first-order valence-corrected chi connectivity index (χ1v) is 13.9. The summed E-state index contributed by atoms with van der Waals surface area (Å²) in [5.74, 6) is 2.06. The number of nitrogens with zero attached hydrogens (tertiary/aromatic N) is 6. The van der Waals surface area contributed by atoms with Crippen molar-refractivity contribution in [2.75, 3.05) is 51.3 Å². The number of hydrogen-bond donors (Lipinski definition) is 1. The molecule has 0 saturated carbocycles. The smallest absolute Gasteiger partial charge is 0.159 e. The van der Waals surface area contributed by atoms with Crippen LogP contribution in [0.2, 0.25) is 0 Å². The molecule has 10 nitrogen and oxygen atoms in total. The van der Waals surface area contributed by atoms with E-state index in [9.17, 15) is 0 Å². The number of morpholine rings is 1. The van der Waals surface area contributed by atoms with E-state index in [1.165, 1.54) is 6.08 Å². The van der Waals surface area contributed by atoms with Crippen molar-refractivity contribution < 1.29 is 14.3 Å². The van der Waals surface area contributed by atoms with E-state index in [4.69, 9.17) is 29.2 Å². The number of allylic oxidation sites excluding steroid dienone is 3. The van der Waals surface area contributed by atoms with Gasteiger partial charge in [-0.3, -0.25) is 14.8 Å². The molecule has 2 fully saturated rings. The molecule has 2 aromatic heterocycles.